The molecular weight excluding hydrogens is 256 g/mol. The molecule has 2 rings (SSSR count). The highest BCUT2D eigenvalue weighted by Gasteiger charge is 2.13. The lowest BCUT2D eigenvalue weighted by Gasteiger charge is -2.19. The van der Waals surface area contributed by atoms with E-state index < -0.39 is 0 Å². The second-order valence-electron chi connectivity index (χ2n) is 4.39. The van der Waals surface area contributed by atoms with Gasteiger partial charge >= 0.3 is 0 Å². The van der Waals surface area contributed by atoms with E-state index in [0.717, 1.165) is 30.8 Å². The van der Waals surface area contributed by atoms with Crippen molar-refractivity contribution in [2.24, 2.45) is 0 Å². The molecule has 1 N–H and O–H groups in total. The summed E-state index contributed by atoms with van der Waals surface area (Å²) >= 11 is 1.65. The molecule has 1 heterocycles. The Morgan fingerprint density at radius 1 is 1.37 bits per heavy atom. The number of aromatic nitrogens is 1. The molecule has 0 aliphatic heterocycles. The van der Waals surface area contributed by atoms with Crippen molar-refractivity contribution in [1.82, 2.24) is 10.3 Å². The van der Waals surface area contributed by atoms with E-state index in [1.54, 1.807) is 18.4 Å². The van der Waals surface area contributed by atoms with E-state index in [1.165, 1.54) is 5.56 Å². The second kappa shape index (κ2) is 7.26. The highest BCUT2D eigenvalue weighted by molar-refractivity contribution is 7.07. The number of nitrogens with zero attached hydrogens (tertiary/aromatic N) is 1. The molecule has 0 aliphatic rings. The summed E-state index contributed by atoms with van der Waals surface area (Å²) in [6.45, 7) is 3.12. The minimum Gasteiger partial charge on any atom is -0.496 e. The fraction of sp³-hybridized carbons (Fsp3) is 0.400. The van der Waals surface area contributed by atoms with E-state index >= 15 is 0 Å². The van der Waals surface area contributed by atoms with Crippen LogP contribution in [0.2, 0.25) is 0 Å². The van der Waals surface area contributed by atoms with Gasteiger partial charge in [0, 0.05) is 30.0 Å². The zero-order chi connectivity index (χ0) is 13.5. The number of methoxy groups -OCH3 is 1. The molecule has 2 aromatic rings. The summed E-state index contributed by atoms with van der Waals surface area (Å²) in [6, 6.07) is 8.53. The van der Waals surface area contributed by atoms with Crippen LogP contribution in [-0.4, -0.2) is 18.6 Å². The maximum atomic E-state index is 5.43. The summed E-state index contributed by atoms with van der Waals surface area (Å²) < 4.78 is 5.43. The first-order chi connectivity index (χ1) is 9.35. The van der Waals surface area contributed by atoms with Crippen molar-refractivity contribution >= 4 is 11.3 Å². The molecule has 0 saturated heterocycles. The molecule has 0 aliphatic carbocycles. The van der Waals surface area contributed by atoms with Crippen molar-refractivity contribution in [1.29, 1.82) is 0 Å². The van der Waals surface area contributed by atoms with Crippen LogP contribution in [0.25, 0.3) is 0 Å². The Labute approximate surface area is 118 Å². The van der Waals surface area contributed by atoms with Gasteiger partial charge in [-0.3, -0.25) is 0 Å². The maximum Gasteiger partial charge on any atom is 0.123 e. The molecule has 19 heavy (non-hydrogen) atoms. The fourth-order valence-electron chi connectivity index (χ4n) is 2.16. The lowest BCUT2D eigenvalue weighted by molar-refractivity contribution is 0.397. The minimum atomic E-state index is 0.329. The summed E-state index contributed by atoms with van der Waals surface area (Å²) in [4.78, 5) is 4.30. The average molecular weight is 276 g/mol. The van der Waals surface area contributed by atoms with Gasteiger partial charge in [-0.25, -0.2) is 4.98 Å². The van der Waals surface area contributed by atoms with Crippen LogP contribution in [0, 0.1) is 0 Å². The summed E-state index contributed by atoms with van der Waals surface area (Å²) in [7, 11) is 1.72. The molecule has 1 aromatic carbocycles. The van der Waals surface area contributed by atoms with Crippen LogP contribution in [0.3, 0.4) is 0 Å². The van der Waals surface area contributed by atoms with E-state index in [0.29, 0.717) is 6.04 Å². The van der Waals surface area contributed by atoms with Crippen LogP contribution in [0.4, 0.5) is 0 Å². The van der Waals surface area contributed by atoms with Crippen molar-refractivity contribution in [3.05, 3.63) is 46.4 Å². The first-order valence-electron chi connectivity index (χ1n) is 6.58. The molecular formula is C15H20N2OS. The third kappa shape index (κ3) is 3.78. The smallest absolute Gasteiger partial charge is 0.123 e. The van der Waals surface area contributed by atoms with Gasteiger partial charge < -0.3 is 10.1 Å². The van der Waals surface area contributed by atoms with Crippen molar-refractivity contribution in [2.75, 3.05) is 13.7 Å². The van der Waals surface area contributed by atoms with Crippen molar-refractivity contribution < 1.29 is 4.74 Å². The van der Waals surface area contributed by atoms with E-state index in [2.05, 4.69) is 34.7 Å². The highest BCUT2D eigenvalue weighted by atomic mass is 32.1. The lowest BCUT2D eigenvalue weighted by atomic mass is 10.0. The van der Waals surface area contributed by atoms with Crippen LogP contribution in [0.5, 0.6) is 5.75 Å². The van der Waals surface area contributed by atoms with Gasteiger partial charge in [0.1, 0.15) is 5.75 Å². The van der Waals surface area contributed by atoms with Gasteiger partial charge in [-0.05, 0) is 12.5 Å². The third-order valence-corrected chi connectivity index (χ3v) is 3.81. The van der Waals surface area contributed by atoms with Crippen LogP contribution in [0.1, 0.15) is 30.6 Å². The Kier molecular flexibility index (Phi) is 5.36. The highest BCUT2D eigenvalue weighted by Crippen LogP contribution is 2.26. The SMILES string of the molecule is CCC(NCCc1cscn1)c1ccccc1OC. The quantitative estimate of drug-likeness (QED) is 0.841. The minimum absolute atomic E-state index is 0.329. The molecule has 0 radical (unpaired) electrons. The van der Waals surface area contributed by atoms with E-state index in [4.69, 9.17) is 4.74 Å². The van der Waals surface area contributed by atoms with E-state index in [-0.39, 0.29) is 0 Å². The molecule has 4 heteroatoms. The molecule has 102 valence electrons. The molecule has 0 spiro atoms. The Bertz CT molecular complexity index is 485. The lowest BCUT2D eigenvalue weighted by Crippen LogP contribution is -2.23. The molecule has 3 nitrogen and oxygen atoms in total. The Balaban J connectivity index is 1.95. The largest absolute Gasteiger partial charge is 0.496 e. The van der Waals surface area contributed by atoms with Gasteiger partial charge in [-0.1, -0.05) is 25.1 Å². The molecule has 0 bridgehead atoms. The molecule has 1 unspecified atom stereocenters. The summed E-state index contributed by atoms with van der Waals surface area (Å²) in [5.74, 6) is 0.954. The molecule has 1 atom stereocenters. The van der Waals surface area contributed by atoms with Crippen molar-refractivity contribution in [3.8, 4) is 5.75 Å². The van der Waals surface area contributed by atoms with E-state index in [1.807, 2.05) is 17.6 Å². The summed E-state index contributed by atoms with van der Waals surface area (Å²) in [5.41, 5.74) is 4.27. The first-order valence-corrected chi connectivity index (χ1v) is 7.52. The average Bonchev–Trinajstić information content (AvgIpc) is 2.97. The number of benzene rings is 1. The Hall–Kier alpha value is -1.39. The summed E-state index contributed by atoms with van der Waals surface area (Å²) in [5, 5.41) is 5.69. The zero-order valence-corrected chi connectivity index (χ0v) is 12.2. The van der Waals surface area contributed by atoms with Gasteiger partial charge in [-0.2, -0.15) is 0 Å². The second-order valence-corrected chi connectivity index (χ2v) is 5.11. The molecule has 1 aromatic heterocycles. The number of hydrogen-bond donors (Lipinski definition) is 1. The van der Waals surface area contributed by atoms with Gasteiger partial charge in [-0.15, -0.1) is 11.3 Å². The standard InChI is InChI=1S/C15H20N2OS/c1-3-14(13-6-4-5-7-15(13)18-2)16-9-8-12-10-19-11-17-12/h4-7,10-11,14,16H,3,8-9H2,1-2H3. The van der Waals surface area contributed by atoms with Crippen molar-refractivity contribution in [3.63, 3.8) is 0 Å². The zero-order valence-electron chi connectivity index (χ0n) is 11.4. The Morgan fingerprint density at radius 3 is 2.89 bits per heavy atom. The van der Waals surface area contributed by atoms with Gasteiger partial charge in [0.05, 0.1) is 18.3 Å². The number of ether oxygens (including phenoxy) is 1. The number of para-hydroxylation sites is 1. The first kappa shape index (κ1) is 14.0. The molecule has 0 amide bonds. The predicted octanol–water partition coefficient (Wildman–Crippen LogP) is 3.44. The number of nitrogens with one attached hydrogen (secondary N) is 1. The van der Waals surface area contributed by atoms with Crippen LogP contribution >= 0.6 is 11.3 Å². The topological polar surface area (TPSA) is 34.2 Å². The van der Waals surface area contributed by atoms with E-state index in [9.17, 15) is 0 Å². The van der Waals surface area contributed by atoms with Crippen molar-refractivity contribution in [2.45, 2.75) is 25.8 Å². The number of thiazole rings is 1. The van der Waals surface area contributed by atoms with Gasteiger partial charge in [0.2, 0.25) is 0 Å². The van der Waals surface area contributed by atoms with Crippen LogP contribution in [-0.2, 0) is 6.42 Å². The monoisotopic (exact) mass is 276 g/mol. The number of hydrogen-bond acceptors (Lipinski definition) is 4. The maximum absolute atomic E-state index is 5.43. The summed E-state index contributed by atoms with van der Waals surface area (Å²) in [6.07, 6.45) is 2.01. The van der Waals surface area contributed by atoms with Crippen LogP contribution in [0.15, 0.2) is 35.2 Å². The van der Waals surface area contributed by atoms with Gasteiger partial charge in [0.15, 0.2) is 0 Å². The predicted molar refractivity (Wildman–Crippen MR) is 79.8 cm³/mol. The molecule has 0 fully saturated rings. The Morgan fingerprint density at radius 2 is 2.21 bits per heavy atom. The molecule has 0 saturated carbocycles. The fourth-order valence-corrected chi connectivity index (χ4v) is 2.76. The number of rotatable bonds is 7. The van der Waals surface area contributed by atoms with Crippen LogP contribution < -0.4 is 10.1 Å². The third-order valence-electron chi connectivity index (χ3n) is 3.18. The normalized spacial score (nSPS) is 12.3. The van der Waals surface area contributed by atoms with Gasteiger partial charge in [0.25, 0.3) is 0 Å².